The topological polar surface area (TPSA) is 72.5 Å². The van der Waals surface area contributed by atoms with Crippen molar-refractivity contribution in [2.45, 2.75) is 19.4 Å². The average Bonchev–Trinajstić information content (AvgIpc) is 2.33. The monoisotopic (exact) mass is 269 g/mol. The van der Waals surface area contributed by atoms with Crippen LogP contribution in [0.1, 0.15) is 23.7 Å². The van der Waals surface area contributed by atoms with E-state index in [9.17, 15) is 4.79 Å². The van der Waals surface area contributed by atoms with Crippen molar-refractivity contribution in [3.05, 3.63) is 29.8 Å². The van der Waals surface area contributed by atoms with Crippen LogP contribution in [0.4, 0.5) is 0 Å². The van der Waals surface area contributed by atoms with E-state index in [1.807, 2.05) is 6.92 Å². The van der Waals surface area contributed by atoms with Crippen molar-refractivity contribution >= 4 is 17.7 Å². The second-order valence-electron chi connectivity index (χ2n) is 4.06. The Morgan fingerprint density at radius 1 is 1.50 bits per heavy atom. The smallest absolute Gasteiger partial charge is 0.335 e. The fourth-order valence-corrected chi connectivity index (χ4v) is 2.25. The third kappa shape index (κ3) is 5.93. The summed E-state index contributed by atoms with van der Waals surface area (Å²) in [6.45, 7) is 2.57. The molecular weight excluding hydrogens is 250 g/mol. The Morgan fingerprint density at radius 2 is 2.28 bits per heavy atom. The van der Waals surface area contributed by atoms with E-state index >= 15 is 0 Å². The lowest BCUT2D eigenvalue weighted by Gasteiger charge is -2.07. The summed E-state index contributed by atoms with van der Waals surface area (Å²) in [7, 11) is 0. The fourth-order valence-electron chi connectivity index (χ4n) is 1.31. The van der Waals surface area contributed by atoms with Gasteiger partial charge in [-0.05, 0) is 37.3 Å². The quantitative estimate of drug-likeness (QED) is 0.708. The van der Waals surface area contributed by atoms with Gasteiger partial charge in [-0.1, -0.05) is 6.07 Å². The molecule has 0 spiro atoms. The highest BCUT2D eigenvalue weighted by atomic mass is 32.2. The summed E-state index contributed by atoms with van der Waals surface area (Å²) in [5.74, 6) is 1.56. The molecule has 0 fully saturated rings. The summed E-state index contributed by atoms with van der Waals surface area (Å²) >= 11 is 1.79. The van der Waals surface area contributed by atoms with Crippen LogP contribution in [0, 0.1) is 0 Å². The number of carboxylic acid groups (broad SMARTS) is 1. The van der Waals surface area contributed by atoms with Crippen molar-refractivity contribution in [1.82, 2.24) is 0 Å². The number of aromatic carboxylic acids is 1. The van der Waals surface area contributed by atoms with Crippen LogP contribution in [0.3, 0.4) is 0 Å². The van der Waals surface area contributed by atoms with Crippen LogP contribution in [-0.2, 0) is 0 Å². The summed E-state index contributed by atoms with van der Waals surface area (Å²) < 4.78 is 5.49. The first-order chi connectivity index (χ1) is 8.59. The van der Waals surface area contributed by atoms with Crippen LogP contribution < -0.4 is 10.5 Å². The van der Waals surface area contributed by atoms with Gasteiger partial charge in [-0.15, -0.1) is 0 Å². The molecule has 0 saturated carbocycles. The number of hydrogen-bond donors (Lipinski definition) is 2. The Hall–Kier alpha value is -1.20. The third-order valence-corrected chi connectivity index (χ3v) is 3.27. The molecule has 3 N–H and O–H groups in total. The first-order valence-electron chi connectivity index (χ1n) is 5.89. The Kier molecular flexibility index (Phi) is 6.60. The number of rotatable bonds is 8. The van der Waals surface area contributed by atoms with Gasteiger partial charge >= 0.3 is 5.97 Å². The first-order valence-corrected chi connectivity index (χ1v) is 7.04. The minimum absolute atomic E-state index is 0.241. The SMILES string of the molecule is CC(N)CCSCCOc1cccc(C(=O)O)c1. The van der Waals surface area contributed by atoms with Crippen LogP contribution in [-0.4, -0.2) is 35.2 Å². The number of carbonyl (C=O) groups is 1. The molecule has 1 aromatic rings. The molecule has 100 valence electrons. The van der Waals surface area contributed by atoms with Crippen LogP contribution in [0.25, 0.3) is 0 Å². The Balaban J connectivity index is 2.23. The predicted molar refractivity (Wildman–Crippen MR) is 74.5 cm³/mol. The molecule has 0 heterocycles. The zero-order valence-corrected chi connectivity index (χ0v) is 11.3. The minimum Gasteiger partial charge on any atom is -0.493 e. The van der Waals surface area contributed by atoms with Crippen molar-refractivity contribution < 1.29 is 14.6 Å². The Bertz CT molecular complexity index is 382. The zero-order chi connectivity index (χ0) is 13.4. The number of carboxylic acids is 1. The molecule has 1 aromatic carbocycles. The first kappa shape index (κ1) is 14.9. The lowest BCUT2D eigenvalue weighted by atomic mass is 10.2. The summed E-state index contributed by atoms with van der Waals surface area (Å²) in [6.07, 6.45) is 0.999. The Labute approximate surface area is 112 Å². The van der Waals surface area contributed by atoms with Gasteiger partial charge in [0.25, 0.3) is 0 Å². The summed E-state index contributed by atoms with van der Waals surface area (Å²) in [5, 5.41) is 8.83. The van der Waals surface area contributed by atoms with E-state index < -0.39 is 5.97 Å². The molecule has 0 saturated heterocycles. The molecule has 18 heavy (non-hydrogen) atoms. The number of ether oxygens (including phenoxy) is 1. The molecule has 1 rings (SSSR count). The van der Waals surface area contributed by atoms with Gasteiger partial charge in [-0.25, -0.2) is 4.79 Å². The molecule has 0 aliphatic heterocycles. The average molecular weight is 269 g/mol. The number of nitrogens with two attached hydrogens (primary N) is 1. The van der Waals surface area contributed by atoms with Gasteiger partial charge in [0.05, 0.1) is 12.2 Å². The molecular formula is C13H19NO3S. The van der Waals surface area contributed by atoms with Crippen molar-refractivity contribution in [2.75, 3.05) is 18.1 Å². The van der Waals surface area contributed by atoms with Crippen LogP contribution in [0.15, 0.2) is 24.3 Å². The van der Waals surface area contributed by atoms with Crippen LogP contribution in [0.2, 0.25) is 0 Å². The van der Waals surface area contributed by atoms with Crippen molar-refractivity contribution in [3.63, 3.8) is 0 Å². The highest BCUT2D eigenvalue weighted by Gasteiger charge is 2.03. The maximum atomic E-state index is 10.8. The van der Waals surface area contributed by atoms with Gasteiger partial charge < -0.3 is 15.6 Å². The van der Waals surface area contributed by atoms with Gasteiger partial charge in [-0.3, -0.25) is 0 Å². The highest BCUT2D eigenvalue weighted by Crippen LogP contribution is 2.14. The minimum atomic E-state index is -0.938. The molecule has 0 aliphatic carbocycles. The van der Waals surface area contributed by atoms with Gasteiger partial charge in [0.15, 0.2) is 0 Å². The van der Waals surface area contributed by atoms with Crippen molar-refractivity contribution in [1.29, 1.82) is 0 Å². The van der Waals surface area contributed by atoms with Crippen LogP contribution >= 0.6 is 11.8 Å². The predicted octanol–water partition coefficient (Wildman–Crippen LogP) is 2.23. The van der Waals surface area contributed by atoms with E-state index in [0.29, 0.717) is 12.4 Å². The molecule has 4 nitrogen and oxygen atoms in total. The standard InChI is InChI=1S/C13H19NO3S/c1-10(14)5-7-18-8-6-17-12-4-2-3-11(9-12)13(15)16/h2-4,9-10H,5-8,14H2,1H3,(H,15,16). The van der Waals surface area contributed by atoms with E-state index in [-0.39, 0.29) is 11.6 Å². The largest absolute Gasteiger partial charge is 0.493 e. The summed E-state index contributed by atoms with van der Waals surface area (Å²) in [5.41, 5.74) is 5.89. The molecule has 0 aromatic heterocycles. The van der Waals surface area contributed by atoms with Crippen molar-refractivity contribution in [2.24, 2.45) is 5.73 Å². The number of thioether (sulfide) groups is 1. The van der Waals surface area contributed by atoms with Crippen LogP contribution in [0.5, 0.6) is 5.75 Å². The van der Waals surface area contributed by atoms with Crippen molar-refractivity contribution in [3.8, 4) is 5.75 Å². The van der Waals surface area contributed by atoms with E-state index in [0.717, 1.165) is 17.9 Å². The van der Waals surface area contributed by atoms with E-state index in [2.05, 4.69) is 0 Å². The molecule has 1 atom stereocenters. The fraction of sp³-hybridized carbons (Fsp3) is 0.462. The summed E-state index contributed by atoms with van der Waals surface area (Å²) in [6, 6.07) is 6.77. The molecule has 1 unspecified atom stereocenters. The van der Waals surface area contributed by atoms with E-state index in [1.165, 1.54) is 6.07 Å². The molecule has 5 heteroatoms. The molecule has 0 radical (unpaired) electrons. The third-order valence-electron chi connectivity index (χ3n) is 2.29. The number of hydrogen-bond acceptors (Lipinski definition) is 4. The highest BCUT2D eigenvalue weighted by molar-refractivity contribution is 7.99. The van der Waals surface area contributed by atoms with E-state index in [1.54, 1.807) is 30.0 Å². The second-order valence-corrected chi connectivity index (χ2v) is 5.28. The zero-order valence-electron chi connectivity index (χ0n) is 10.5. The molecule has 0 amide bonds. The van der Waals surface area contributed by atoms with E-state index in [4.69, 9.17) is 15.6 Å². The normalized spacial score (nSPS) is 12.1. The summed E-state index contributed by atoms with van der Waals surface area (Å²) in [4.78, 5) is 10.8. The maximum Gasteiger partial charge on any atom is 0.335 e. The van der Waals surface area contributed by atoms with Gasteiger partial charge in [-0.2, -0.15) is 11.8 Å². The lowest BCUT2D eigenvalue weighted by Crippen LogP contribution is -2.15. The number of benzene rings is 1. The molecule has 0 aliphatic rings. The Morgan fingerprint density at radius 3 is 2.94 bits per heavy atom. The van der Waals surface area contributed by atoms with Gasteiger partial charge in [0.2, 0.25) is 0 Å². The van der Waals surface area contributed by atoms with Gasteiger partial charge in [0, 0.05) is 11.8 Å². The van der Waals surface area contributed by atoms with Gasteiger partial charge in [0.1, 0.15) is 5.75 Å². The lowest BCUT2D eigenvalue weighted by molar-refractivity contribution is 0.0696. The second kappa shape index (κ2) is 8.00. The maximum absolute atomic E-state index is 10.8. The molecule has 0 bridgehead atoms.